The van der Waals surface area contributed by atoms with E-state index in [0.717, 1.165) is 11.1 Å². The Morgan fingerprint density at radius 1 is 1.42 bits per heavy atom. The summed E-state index contributed by atoms with van der Waals surface area (Å²) in [6.45, 7) is 7.90. The van der Waals surface area contributed by atoms with Crippen molar-refractivity contribution in [2.75, 3.05) is 6.61 Å². The zero-order chi connectivity index (χ0) is 9.14. The van der Waals surface area contributed by atoms with Crippen LogP contribution in [0.15, 0.2) is 24.8 Å². The monoisotopic (exact) mass is 162 g/mol. The Balaban J connectivity index is 3.09. The van der Waals surface area contributed by atoms with Crippen molar-refractivity contribution in [3.05, 3.63) is 41.5 Å². The van der Waals surface area contributed by atoms with E-state index >= 15 is 0 Å². The summed E-state index contributed by atoms with van der Waals surface area (Å²) in [6, 6.07) is 6.13. The standard InChI is InChI=1S/C11H14O/c1-8-4-5-11(9(2)6-8)10(3)7-12/h4-6,12H,3,7H2,1-2H3. The first-order valence-corrected chi connectivity index (χ1v) is 4.01. The topological polar surface area (TPSA) is 20.2 Å². The lowest BCUT2D eigenvalue weighted by Gasteiger charge is -2.06. The number of aryl methyl sites for hydroxylation is 2. The Labute approximate surface area is 73.4 Å². The molecular formula is C11H14O. The van der Waals surface area contributed by atoms with Crippen LogP contribution in [0, 0.1) is 13.8 Å². The molecule has 64 valence electrons. The van der Waals surface area contributed by atoms with Crippen molar-refractivity contribution in [3.8, 4) is 0 Å². The third kappa shape index (κ3) is 1.74. The molecule has 0 aliphatic heterocycles. The molecule has 1 aromatic rings. The second-order valence-corrected chi connectivity index (χ2v) is 3.08. The SMILES string of the molecule is C=C(CO)c1ccc(C)cc1C. The predicted molar refractivity (Wildman–Crippen MR) is 52.0 cm³/mol. The Morgan fingerprint density at radius 2 is 2.08 bits per heavy atom. The molecule has 1 aromatic carbocycles. The van der Waals surface area contributed by atoms with Gasteiger partial charge in [-0.3, -0.25) is 0 Å². The maximum absolute atomic E-state index is 8.88. The van der Waals surface area contributed by atoms with E-state index in [-0.39, 0.29) is 6.61 Å². The summed E-state index contributed by atoms with van der Waals surface area (Å²) in [6.07, 6.45) is 0. The van der Waals surface area contributed by atoms with Gasteiger partial charge < -0.3 is 5.11 Å². The van der Waals surface area contributed by atoms with Gasteiger partial charge in [-0.1, -0.05) is 30.3 Å². The zero-order valence-corrected chi connectivity index (χ0v) is 7.59. The van der Waals surface area contributed by atoms with Crippen LogP contribution in [0.2, 0.25) is 0 Å². The van der Waals surface area contributed by atoms with Gasteiger partial charge in [0.2, 0.25) is 0 Å². The van der Waals surface area contributed by atoms with Crippen molar-refractivity contribution in [2.45, 2.75) is 13.8 Å². The van der Waals surface area contributed by atoms with Crippen LogP contribution < -0.4 is 0 Å². The Morgan fingerprint density at radius 3 is 2.58 bits per heavy atom. The van der Waals surface area contributed by atoms with Crippen molar-refractivity contribution in [1.82, 2.24) is 0 Å². The molecule has 0 bridgehead atoms. The van der Waals surface area contributed by atoms with E-state index < -0.39 is 0 Å². The van der Waals surface area contributed by atoms with Crippen LogP contribution in [0.25, 0.3) is 5.57 Å². The normalized spacial score (nSPS) is 9.92. The lowest BCUT2D eigenvalue weighted by atomic mass is 10.0. The molecule has 0 radical (unpaired) electrons. The van der Waals surface area contributed by atoms with Crippen molar-refractivity contribution in [1.29, 1.82) is 0 Å². The fourth-order valence-electron chi connectivity index (χ4n) is 1.30. The van der Waals surface area contributed by atoms with Crippen LogP contribution >= 0.6 is 0 Å². The Kier molecular flexibility index (Phi) is 2.66. The first-order chi connectivity index (χ1) is 5.65. The summed E-state index contributed by atoms with van der Waals surface area (Å²) < 4.78 is 0. The number of benzene rings is 1. The molecule has 0 saturated carbocycles. The highest BCUT2D eigenvalue weighted by atomic mass is 16.3. The highest BCUT2D eigenvalue weighted by Gasteiger charge is 2.00. The summed E-state index contributed by atoms with van der Waals surface area (Å²) in [5, 5.41) is 8.88. The summed E-state index contributed by atoms with van der Waals surface area (Å²) >= 11 is 0. The summed E-state index contributed by atoms with van der Waals surface area (Å²) in [4.78, 5) is 0. The molecule has 0 saturated heterocycles. The molecule has 1 heteroatoms. The van der Waals surface area contributed by atoms with Crippen LogP contribution in [0.5, 0.6) is 0 Å². The third-order valence-electron chi connectivity index (χ3n) is 1.95. The third-order valence-corrected chi connectivity index (χ3v) is 1.95. The molecule has 0 aliphatic rings. The fraction of sp³-hybridized carbons (Fsp3) is 0.273. The number of rotatable bonds is 2. The largest absolute Gasteiger partial charge is 0.392 e. The van der Waals surface area contributed by atoms with E-state index in [0.29, 0.717) is 0 Å². The molecule has 1 nitrogen and oxygen atoms in total. The number of aliphatic hydroxyl groups excluding tert-OH is 1. The summed E-state index contributed by atoms with van der Waals surface area (Å²) in [5.74, 6) is 0. The number of hydrogen-bond acceptors (Lipinski definition) is 1. The van der Waals surface area contributed by atoms with Gasteiger partial charge in [0.1, 0.15) is 0 Å². The van der Waals surface area contributed by atoms with Gasteiger partial charge in [-0.25, -0.2) is 0 Å². The maximum Gasteiger partial charge on any atom is 0.0682 e. The minimum Gasteiger partial charge on any atom is -0.392 e. The lowest BCUT2D eigenvalue weighted by molar-refractivity contribution is 0.350. The highest BCUT2D eigenvalue weighted by Crippen LogP contribution is 2.17. The first-order valence-electron chi connectivity index (χ1n) is 4.01. The molecule has 0 atom stereocenters. The van der Waals surface area contributed by atoms with Gasteiger partial charge in [-0.2, -0.15) is 0 Å². The van der Waals surface area contributed by atoms with Crippen LogP contribution in [0.3, 0.4) is 0 Å². The average Bonchev–Trinajstić information content (AvgIpc) is 2.03. The second-order valence-electron chi connectivity index (χ2n) is 3.08. The van der Waals surface area contributed by atoms with Crippen molar-refractivity contribution in [2.24, 2.45) is 0 Å². The molecule has 0 unspecified atom stereocenters. The van der Waals surface area contributed by atoms with Crippen molar-refractivity contribution >= 4 is 5.57 Å². The van der Waals surface area contributed by atoms with E-state index in [9.17, 15) is 0 Å². The Hall–Kier alpha value is -1.08. The minimum absolute atomic E-state index is 0.0316. The molecule has 0 fully saturated rings. The molecule has 1 rings (SSSR count). The van der Waals surface area contributed by atoms with Crippen LogP contribution in [-0.4, -0.2) is 11.7 Å². The van der Waals surface area contributed by atoms with Crippen molar-refractivity contribution in [3.63, 3.8) is 0 Å². The van der Waals surface area contributed by atoms with E-state index in [4.69, 9.17) is 5.11 Å². The zero-order valence-electron chi connectivity index (χ0n) is 7.59. The molecule has 0 amide bonds. The molecular weight excluding hydrogens is 148 g/mol. The summed E-state index contributed by atoms with van der Waals surface area (Å²) in [5.41, 5.74) is 4.26. The van der Waals surface area contributed by atoms with Gasteiger partial charge in [0.05, 0.1) is 6.61 Å². The van der Waals surface area contributed by atoms with E-state index in [1.54, 1.807) is 0 Å². The van der Waals surface area contributed by atoms with E-state index in [1.807, 2.05) is 19.1 Å². The van der Waals surface area contributed by atoms with E-state index in [2.05, 4.69) is 19.6 Å². The Bertz CT molecular complexity index is 300. The molecule has 0 aliphatic carbocycles. The smallest absolute Gasteiger partial charge is 0.0682 e. The summed E-state index contributed by atoms with van der Waals surface area (Å²) in [7, 11) is 0. The molecule has 0 heterocycles. The fourth-order valence-corrected chi connectivity index (χ4v) is 1.30. The number of hydrogen-bond donors (Lipinski definition) is 1. The van der Waals surface area contributed by atoms with Gasteiger partial charge in [-0.15, -0.1) is 0 Å². The van der Waals surface area contributed by atoms with Gasteiger partial charge in [0, 0.05) is 0 Å². The second kappa shape index (κ2) is 3.55. The highest BCUT2D eigenvalue weighted by molar-refractivity contribution is 5.66. The predicted octanol–water partition coefficient (Wildman–Crippen LogP) is 2.31. The van der Waals surface area contributed by atoms with Gasteiger partial charge in [0.15, 0.2) is 0 Å². The van der Waals surface area contributed by atoms with Gasteiger partial charge >= 0.3 is 0 Å². The molecule has 12 heavy (non-hydrogen) atoms. The first kappa shape index (κ1) is 9.01. The number of aliphatic hydroxyl groups is 1. The molecule has 0 spiro atoms. The van der Waals surface area contributed by atoms with Crippen LogP contribution in [-0.2, 0) is 0 Å². The van der Waals surface area contributed by atoms with Crippen LogP contribution in [0.4, 0.5) is 0 Å². The molecule has 1 N–H and O–H groups in total. The van der Waals surface area contributed by atoms with Gasteiger partial charge in [-0.05, 0) is 30.5 Å². The van der Waals surface area contributed by atoms with Crippen molar-refractivity contribution < 1.29 is 5.11 Å². The maximum atomic E-state index is 8.88. The quantitative estimate of drug-likeness (QED) is 0.707. The lowest BCUT2D eigenvalue weighted by Crippen LogP contribution is -1.92. The average molecular weight is 162 g/mol. The molecule has 0 aromatic heterocycles. The minimum atomic E-state index is 0.0316. The van der Waals surface area contributed by atoms with E-state index in [1.165, 1.54) is 11.1 Å². The van der Waals surface area contributed by atoms with Crippen LogP contribution in [0.1, 0.15) is 16.7 Å². The van der Waals surface area contributed by atoms with Gasteiger partial charge in [0.25, 0.3) is 0 Å².